The Morgan fingerprint density at radius 3 is 0.784 bits per heavy atom. The number of likely N-dealkylation sites (tertiary alicyclic amines) is 4. The fourth-order valence-corrected chi connectivity index (χ4v) is 7.61. The smallest absolute Gasteiger partial charge is 0.0594 e. The lowest BCUT2D eigenvalue weighted by Crippen LogP contribution is -2.47. The van der Waals surface area contributed by atoms with Crippen molar-refractivity contribution in [2.24, 2.45) is 5.92 Å². The molecule has 306 valence electrons. The number of nitrogens with zero attached hydrogens (tertiary/aromatic N) is 5. The molecule has 5 heterocycles. The molecule has 6 heteroatoms. The van der Waals surface area contributed by atoms with Crippen LogP contribution in [0.1, 0.15) is 181 Å². The first-order chi connectivity index (χ1) is 23.4. The molecule has 0 amide bonds. The summed E-state index contributed by atoms with van der Waals surface area (Å²) in [5, 5.41) is 0. The van der Waals surface area contributed by atoms with Gasteiger partial charge >= 0.3 is 0 Å². The molecule has 0 N–H and O–H groups in total. The predicted octanol–water partition coefficient (Wildman–Crippen LogP) is 10.4. The Morgan fingerprint density at radius 1 is 0.314 bits per heavy atom. The van der Waals surface area contributed by atoms with Crippen LogP contribution in [-0.4, -0.2) is 131 Å². The first-order valence-corrected chi connectivity index (χ1v) is 21.8. The zero-order valence-corrected chi connectivity index (χ0v) is 38.0. The summed E-state index contributed by atoms with van der Waals surface area (Å²) in [5.41, 5.74) is 1.92. The first kappa shape index (κ1) is 48.8. The highest BCUT2D eigenvalue weighted by molar-refractivity contribution is 4.82. The van der Waals surface area contributed by atoms with Gasteiger partial charge in [-0.05, 0) is 213 Å². The minimum atomic E-state index is 0.323. The molecular weight excluding hydrogens is 627 g/mol. The number of ether oxygens (including phenoxy) is 1. The van der Waals surface area contributed by atoms with Crippen LogP contribution in [0.4, 0.5) is 0 Å². The average molecular weight is 722 g/mol. The Labute approximate surface area is 322 Å². The maximum Gasteiger partial charge on any atom is 0.0594 e. The number of morpholine rings is 1. The molecule has 0 atom stereocenters. The maximum atomic E-state index is 5.25. The zero-order chi connectivity index (χ0) is 38.9. The van der Waals surface area contributed by atoms with Crippen molar-refractivity contribution in [1.29, 1.82) is 0 Å². The number of rotatable bonds is 0. The monoisotopic (exact) mass is 722 g/mol. The molecule has 0 radical (unpaired) electrons. The number of piperidine rings is 2. The SMILES string of the molecule is CC(C)(C)N1CCCC1.CC(C)(C)N1CCCCC1.CC(C)(C)N1CCCCCC1.CC(C)(C)N1CCOCC1.CC1CCN(C(C)(C)C)CC1. The van der Waals surface area contributed by atoms with Crippen LogP contribution in [0.5, 0.6) is 0 Å². The summed E-state index contributed by atoms with van der Waals surface area (Å²) in [7, 11) is 0. The summed E-state index contributed by atoms with van der Waals surface area (Å²) in [5.74, 6) is 0.952. The fourth-order valence-electron chi connectivity index (χ4n) is 7.61. The quantitative estimate of drug-likeness (QED) is 0.247. The van der Waals surface area contributed by atoms with E-state index in [-0.39, 0.29) is 0 Å². The first-order valence-electron chi connectivity index (χ1n) is 21.8. The normalized spacial score (nSPS) is 23.3. The van der Waals surface area contributed by atoms with Gasteiger partial charge in [-0.1, -0.05) is 26.2 Å². The van der Waals surface area contributed by atoms with E-state index < -0.39 is 0 Å². The van der Waals surface area contributed by atoms with Crippen molar-refractivity contribution in [2.75, 3.05) is 78.7 Å². The molecule has 5 rings (SSSR count). The van der Waals surface area contributed by atoms with Crippen LogP contribution in [-0.2, 0) is 4.74 Å². The van der Waals surface area contributed by atoms with Crippen molar-refractivity contribution in [3.63, 3.8) is 0 Å². The molecule has 0 bridgehead atoms. The van der Waals surface area contributed by atoms with Crippen molar-refractivity contribution < 1.29 is 4.74 Å². The third-order valence-electron chi connectivity index (χ3n) is 11.6. The lowest BCUT2D eigenvalue weighted by atomic mass is 9.95. The second-order valence-electron chi connectivity index (χ2n) is 21.3. The molecule has 0 aromatic carbocycles. The van der Waals surface area contributed by atoms with Gasteiger partial charge in [0.15, 0.2) is 0 Å². The van der Waals surface area contributed by atoms with Crippen LogP contribution in [0.3, 0.4) is 0 Å². The molecule has 0 saturated carbocycles. The van der Waals surface area contributed by atoms with Crippen LogP contribution < -0.4 is 0 Å². The molecule has 0 aromatic rings. The minimum Gasteiger partial charge on any atom is -0.379 e. The second kappa shape index (κ2) is 23.0. The van der Waals surface area contributed by atoms with Gasteiger partial charge in [0, 0.05) is 40.8 Å². The van der Waals surface area contributed by atoms with Crippen LogP contribution in [0, 0.1) is 5.92 Å². The Kier molecular flexibility index (Phi) is 22.0. The van der Waals surface area contributed by atoms with E-state index in [2.05, 4.69) is 135 Å². The molecule has 5 saturated heterocycles. The molecular formula is C45H95N5O. The average Bonchev–Trinajstić information content (AvgIpc) is 3.45. The predicted molar refractivity (Wildman–Crippen MR) is 227 cm³/mol. The van der Waals surface area contributed by atoms with E-state index in [9.17, 15) is 0 Å². The van der Waals surface area contributed by atoms with E-state index in [4.69, 9.17) is 4.74 Å². The van der Waals surface area contributed by atoms with Crippen LogP contribution in [0.15, 0.2) is 0 Å². The summed E-state index contributed by atoms with van der Waals surface area (Å²) in [6, 6.07) is 0. The summed E-state index contributed by atoms with van der Waals surface area (Å²) in [4.78, 5) is 12.8. The zero-order valence-electron chi connectivity index (χ0n) is 38.0. The molecule has 5 aliphatic heterocycles. The largest absolute Gasteiger partial charge is 0.379 e. The highest BCUT2D eigenvalue weighted by Crippen LogP contribution is 2.24. The molecule has 0 unspecified atom stereocenters. The second-order valence-corrected chi connectivity index (χ2v) is 21.3. The van der Waals surface area contributed by atoms with Crippen molar-refractivity contribution in [1.82, 2.24) is 24.5 Å². The van der Waals surface area contributed by atoms with E-state index in [1.165, 1.54) is 123 Å². The van der Waals surface area contributed by atoms with E-state index in [0.717, 1.165) is 32.2 Å². The maximum absolute atomic E-state index is 5.25. The lowest BCUT2D eigenvalue weighted by Gasteiger charge is -2.40. The van der Waals surface area contributed by atoms with Gasteiger partial charge in [-0.3, -0.25) is 24.5 Å². The third kappa shape index (κ3) is 22.0. The highest BCUT2D eigenvalue weighted by Gasteiger charge is 2.26. The van der Waals surface area contributed by atoms with Crippen molar-refractivity contribution >= 4 is 0 Å². The van der Waals surface area contributed by atoms with Gasteiger partial charge in [0.25, 0.3) is 0 Å². The number of hydrogen-bond acceptors (Lipinski definition) is 6. The van der Waals surface area contributed by atoms with Gasteiger partial charge in [-0.15, -0.1) is 0 Å². The van der Waals surface area contributed by atoms with E-state index >= 15 is 0 Å². The summed E-state index contributed by atoms with van der Waals surface area (Å²) >= 11 is 0. The van der Waals surface area contributed by atoms with Gasteiger partial charge < -0.3 is 4.74 Å². The molecule has 5 fully saturated rings. The summed E-state index contributed by atoms with van der Waals surface area (Å²) < 4.78 is 5.25. The van der Waals surface area contributed by atoms with Gasteiger partial charge in [-0.2, -0.15) is 0 Å². The molecule has 5 aliphatic rings. The van der Waals surface area contributed by atoms with E-state index in [1.54, 1.807) is 0 Å². The lowest BCUT2D eigenvalue weighted by molar-refractivity contribution is -0.00389. The Hall–Kier alpha value is -0.240. The summed E-state index contributed by atoms with van der Waals surface area (Å²) in [6.07, 6.45) is 15.5. The Bertz CT molecular complexity index is 809. The van der Waals surface area contributed by atoms with Crippen LogP contribution in [0.2, 0.25) is 0 Å². The standard InChI is InChI=1S/2C10H21N.C9H19N.C8H17NO.C8H17N/c1-9-5-7-11(8-6-9)10(2,3)4;1-10(2,3)11-8-6-4-5-7-9-11;1-9(2,3)10-7-5-4-6-8-10;1-8(2,3)9-4-6-10-7-5-9;1-8(2,3)9-6-4-5-7-9/h9H,5-8H2,1-4H3;4-9H2,1-3H3;4-8H2,1-3H3;4-7H2,1-3H3;4-7H2,1-3H3. The Balaban J connectivity index is 0.000000319. The third-order valence-corrected chi connectivity index (χ3v) is 11.6. The number of hydrogen-bond donors (Lipinski definition) is 0. The van der Waals surface area contributed by atoms with Crippen molar-refractivity contribution in [2.45, 2.75) is 209 Å². The van der Waals surface area contributed by atoms with Gasteiger partial charge in [0.2, 0.25) is 0 Å². The van der Waals surface area contributed by atoms with Crippen LogP contribution >= 0.6 is 0 Å². The molecule has 6 nitrogen and oxygen atoms in total. The topological polar surface area (TPSA) is 25.4 Å². The van der Waals surface area contributed by atoms with E-state index in [1.807, 2.05) is 0 Å². The van der Waals surface area contributed by atoms with Gasteiger partial charge in [0.1, 0.15) is 0 Å². The highest BCUT2D eigenvalue weighted by atomic mass is 16.5. The van der Waals surface area contributed by atoms with Gasteiger partial charge in [-0.25, -0.2) is 0 Å². The van der Waals surface area contributed by atoms with Crippen molar-refractivity contribution in [3.8, 4) is 0 Å². The molecule has 0 aliphatic carbocycles. The molecule has 51 heavy (non-hydrogen) atoms. The fraction of sp³-hybridized carbons (Fsp3) is 1.00. The molecule has 0 aromatic heterocycles. The summed E-state index contributed by atoms with van der Waals surface area (Å²) in [6.45, 7) is 51.2. The van der Waals surface area contributed by atoms with Crippen LogP contribution in [0.25, 0.3) is 0 Å². The van der Waals surface area contributed by atoms with Crippen molar-refractivity contribution in [3.05, 3.63) is 0 Å². The Morgan fingerprint density at radius 2 is 0.529 bits per heavy atom. The molecule has 0 spiro atoms. The van der Waals surface area contributed by atoms with Gasteiger partial charge in [0.05, 0.1) is 13.2 Å². The minimum absolute atomic E-state index is 0.323. The van der Waals surface area contributed by atoms with E-state index in [0.29, 0.717) is 27.7 Å².